The van der Waals surface area contributed by atoms with E-state index in [0.29, 0.717) is 5.92 Å². The molecule has 3 N–H and O–H groups in total. The van der Waals surface area contributed by atoms with E-state index in [1.165, 1.54) is 5.56 Å². The molecular formula is C18H19N3O2. The lowest BCUT2D eigenvalue weighted by atomic mass is 9.91. The van der Waals surface area contributed by atoms with E-state index < -0.39 is 0 Å². The third-order valence-electron chi connectivity index (χ3n) is 4.41. The number of rotatable bonds is 5. The van der Waals surface area contributed by atoms with Crippen molar-refractivity contribution in [3.8, 4) is 5.75 Å². The quantitative estimate of drug-likeness (QED) is 0.676. The van der Waals surface area contributed by atoms with Crippen LogP contribution < -0.4 is 15.7 Å². The minimum Gasteiger partial charge on any atom is -0.487 e. The van der Waals surface area contributed by atoms with Crippen molar-refractivity contribution < 1.29 is 4.74 Å². The second-order valence-electron chi connectivity index (χ2n) is 6.02. The Kier molecular flexibility index (Phi) is 3.63. The van der Waals surface area contributed by atoms with Crippen molar-refractivity contribution in [3.05, 3.63) is 64.6 Å². The third kappa shape index (κ3) is 2.87. The molecule has 1 fully saturated rings. The van der Waals surface area contributed by atoms with Gasteiger partial charge in [0.15, 0.2) is 0 Å². The van der Waals surface area contributed by atoms with Crippen LogP contribution in [0.4, 0.5) is 0 Å². The average Bonchev–Trinajstić information content (AvgIpc) is 2.88. The molecule has 23 heavy (non-hydrogen) atoms. The van der Waals surface area contributed by atoms with E-state index in [2.05, 4.69) is 39.6 Å². The van der Waals surface area contributed by atoms with Gasteiger partial charge in [0.05, 0.1) is 5.52 Å². The monoisotopic (exact) mass is 309 g/mol. The molecule has 0 radical (unpaired) electrons. The van der Waals surface area contributed by atoms with Gasteiger partial charge >= 0.3 is 5.69 Å². The second-order valence-corrected chi connectivity index (χ2v) is 6.02. The zero-order valence-electron chi connectivity index (χ0n) is 12.7. The van der Waals surface area contributed by atoms with E-state index in [1.807, 2.05) is 24.3 Å². The van der Waals surface area contributed by atoms with Gasteiger partial charge in [0.1, 0.15) is 17.4 Å². The summed E-state index contributed by atoms with van der Waals surface area (Å²) < 4.78 is 6.32. The molecule has 4 rings (SSSR count). The first-order valence-corrected chi connectivity index (χ1v) is 7.92. The Morgan fingerprint density at radius 1 is 1.04 bits per heavy atom. The molecule has 0 spiro atoms. The molecule has 1 saturated heterocycles. The molecule has 5 nitrogen and oxygen atoms in total. The summed E-state index contributed by atoms with van der Waals surface area (Å²) in [6.07, 6.45) is 0.945. The van der Waals surface area contributed by atoms with Gasteiger partial charge in [0.25, 0.3) is 0 Å². The number of ether oxygens (including phenoxy) is 1. The highest BCUT2D eigenvalue weighted by Gasteiger charge is 2.29. The SMILES string of the molecule is O=c1[nH]c2cccc(OC(Cc3ccccc3)C3CNC3)c2[nH]1. The number of aromatic nitrogens is 2. The number of imidazole rings is 1. The fourth-order valence-electron chi connectivity index (χ4n) is 3.02. The van der Waals surface area contributed by atoms with Gasteiger partial charge in [-0.25, -0.2) is 4.79 Å². The molecule has 1 aromatic heterocycles. The first kappa shape index (κ1) is 14.1. The van der Waals surface area contributed by atoms with Crippen molar-refractivity contribution in [2.75, 3.05) is 13.1 Å². The lowest BCUT2D eigenvalue weighted by Gasteiger charge is -2.35. The molecule has 3 aromatic rings. The van der Waals surface area contributed by atoms with Crippen LogP contribution in [0.25, 0.3) is 11.0 Å². The van der Waals surface area contributed by atoms with Crippen molar-refractivity contribution in [1.82, 2.24) is 15.3 Å². The Morgan fingerprint density at radius 2 is 1.87 bits per heavy atom. The molecule has 1 unspecified atom stereocenters. The number of fused-ring (bicyclic) bond motifs is 1. The Balaban J connectivity index is 1.62. The van der Waals surface area contributed by atoms with Gasteiger partial charge < -0.3 is 20.0 Å². The Bertz CT molecular complexity index is 849. The highest BCUT2D eigenvalue weighted by atomic mass is 16.5. The minimum atomic E-state index is -0.207. The molecular weight excluding hydrogens is 290 g/mol. The van der Waals surface area contributed by atoms with Crippen LogP contribution in [-0.2, 0) is 6.42 Å². The maximum absolute atomic E-state index is 11.5. The summed E-state index contributed by atoms with van der Waals surface area (Å²) in [5, 5.41) is 3.31. The summed E-state index contributed by atoms with van der Waals surface area (Å²) in [5.41, 5.74) is 2.57. The van der Waals surface area contributed by atoms with Crippen LogP contribution in [0, 0.1) is 5.92 Å². The zero-order chi connectivity index (χ0) is 15.6. The van der Waals surface area contributed by atoms with Crippen LogP contribution >= 0.6 is 0 Å². The molecule has 2 heterocycles. The molecule has 1 aliphatic rings. The van der Waals surface area contributed by atoms with Gasteiger partial charge in [-0.1, -0.05) is 36.4 Å². The van der Waals surface area contributed by atoms with Gasteiger partial charge in [-0.2, -0.15) is 0 Å². The first-order valence-electron chi connectivity index (χ1n) is 7.92. The van der Waals surface area contributed by atoms with Crippen LogP contribution in [-0.4, -0.2) is 29.2 Å². The van der Waals surface area contributed by atoms with Crippen molar-refractivity contribution >= 4 is 11.0 Å². The van der Waals surface area contributed by atoms with Crippen molar-refractivity contribution in [2.24, 2.45) is 5.92 Å². The van der Waals surface area contributed by atoms with Gasteiger partial charge in [-0.05, 0) is 17.7 Å². The Labute approximate surface area is 133 Å². The predicted molar refractivity (Wildman–Crippen MR) is 89.8 cm³/mol. The smallest absolute Gasteiger partial charge is 0.323 e. The lowest BCUT2D eigenvalue weighted by molar-refractivity contribution is 0.100. The number of benzene rings is 2. The number of nitrogens with one attached hydrogen (secondary N) is 3. The third-order valence-corrected chi connectivity index (χ3v) is 4.41. The topological polar surface area (TPSA) is 69.9 Å². The van der Waals surface area contributed by atoms with Crippen LogP contribution in [0.2, 0.25) is 0 Å². The largest absolute Gasteiger partial charge is 0.487 e. The minimum absolute atomic E-state index is 0.0858. The standard InChI is InChI=1S/C18H19N3O2/c22-18-20-14-7-4-8-15(17(14)21-18)23-16(13-10-19-11-13)9-12-5-2-1-3-6-12/h1-8,13,16,19H,9-11H2,(H2,20,21,22). The second kappa shape index (κ2) is 5.93. The van der Waals surface area contributed by atoms with Crippen molar-refractivity contribution in [1.29, 1.82) is 0 Å². The molecule has 0 amide bonds. The molecule has 0 bridgehead atoms. The van der Waals surface area contributed by atoms with Gasteiger partial charge in [-0.15, -0.1) is 0 Å². The van der Waals surface area contributed by atoms with Crippen LogP contribution in [0.5, 0.6) is 5.75 Å². The maximum atomic E-state index is 11.5. The van der Waals surface area contributed by atoms with Crippen molar-refractivity contribution in [3.63, 3.8) is 0 Å². The van der Waals surface area contributed by atoms with Gasteiger partial charge in [-0.3, -0.25) is 0 Å². The maximum Gasteiger partial charge on any atom is 0.323 e. The van der Waals surface area contributed by atoms with Gasteiger partial charge in [0.2, 0.25) is 0 Å². The molecule has 1 atom stereocenters. The molecule has 1 aliphatic heterocycles. The number of para-hydroxylation sites is 1. The van der Waals surface area contributed by atoms with E-state index in [9.17, 15) is 4.79 Å². The van der Waals surface area contributed by atoms with Crippen LogP contribution in [0.15, 0.2) is 53.3 Å². The van der Waals surface area contributed by atoms with Gasteiger partial charge in [0, 0.05) is 25.4 Å². The first-order chi connectivity index (χ1) is 11.3. The van der Waals surface area contributed by atoms with E-state index in [4.69, 9.17) is 4.74 Å². The summed E-state index contributed by atoms with van der Waals surface area (Å²) in [7, 11) is 0. The van der Waals surface area contributed by atoms with E-state index >= 15 is 0 Å². The predicted octanol–water partition coefficient (Wildman–Crippen LogP) is 2.07. The number of hydrogen-bond acceptors (Lipinski definition) is 3. The fourth-order valence-corrected chi connectivity index (χ4v) is 3.02. The van der Waals surface area contributed by atoms with Crippen molar-refractivity contribution in [2.45, 2.75) is 12.5 Å². The molecule has 118 valence electrons. The normalized spacial score (nSPS) is 16.2. The highest BCUT2D eigenvalue weighted by Crippen LogP contribution is 2.26. The highest BCUT2D eigenvalue weighted by molar-refractivity contribution is 5.81. The zero-order valence-corrected chi connectivity index (χ0v) is 12.7. The average molecular weight is 309 g/mol. The summed E-state index contributed by atoms with van der Waals surface area (Å²) in [5.74, 6) is 1.21. The Hall–Kier alpha value is -2.53. The fraction of sp³-hybridized carbons (Fsp3) is 0.278. The molecule has 5 heteroatoms. The molecule has 0 saturated carbocycles. The molecule has 2 aromatic carbocycles. The summed E-state index contributed by atoms with van der Waals surface area (Å²) in [4.78, 5) is 17.1. The molecule has 0 aliphatic carbocycles. The van der Waals surface area contributed by atoms with E-state index in [1.54, 1.807) is 0 Å². The van der Waals surface area contributed by atoms with E-state index in [-0.39, 0.29) is 11.8 Å². The van der Waals surface area contributed by atoms with Crippen LogP contribution in [0.1, 0.15) is 5.56 Å². The summed E-state index contributed by atoms with van der Waals surface area (Å²) >= 11 is 0. The summed E-state index contributed by atoms with van der Waals surface area (Å²) in [6.45, 7) is 1.94. The Morgan fingerprint density at radius 3 is 2.61 bits per heavy atom. The number of hydrogen-bond donors (Lipinski definition) is 3. The van der Waals surface area contributed by atoms with E-state index in [0.717, 1.165) is 36.3 Å². The lowest BCUT2D eigenvalue weighted by Crippen LogP contribution is -2.51. The van der Waals surface area contributed by atoms with Crippen LogP contribution in [0.3, 0.4) is 0 Å². The summed E-state index contributed by atoms with van der Waals surface area (Å²) in [6, 6.07) is 16.1. The number of aromatic amines is 2. The number of H-pyrrole nitrogens is 2.